The van der Waals surface area contributed by atoms with Crippen molar-refractivity contribution in [1.29, 1.82) is 0 Å². The molecule has 0 bridgehead atoms. The molecule has 0 atom stereocenters. The minimum absolute atomic E-state index is 0.332. The summed E-state index contributed by atoms with van der Waals surface area (Å²) in [5.41, 5.74) is 1.78. The van der Waals surface area contributed by atoms with Crippen molar-refractivity contribution < 1.29 is 0 Å². The minimum atomic E-state index is -0.834. The summed E-state index contributed by atoms with van der Waals surface area (Å²) in [7, 11) is 1.60. The Morgan fingerprint density at radius 2 is 2.19 bits per heavy atom. The van der Waals surface area contributed by atoms with E-state index in [2.05, 4.69) is 25.5 Å². The second-order valence-electron chi connectivity index (χ2n) is 4.20. The normalized spacial score (nSPS) is 10.6. The first-order valence-electron chi connectivity index (χ1n) is 6.22. The van der Waals surface area contributed by atoms with Crippen molar-refractivity contribution in [2.24, 2.45) is 12.9 Å². The fourth-order valence-corrected chi connectivity index (χ4v) is 2.63. The number of nitrogen functional groups attached to an aromatic ring is 1. The number of aromatic nitrogens is 5. The van der Waals surface area contributed by atoms with Crippen molar-refractivity contribution in [3.05, 3.63) is 32.6 Å². The van der Waals surface area contributed by atoms with Crippen molar-refractivity contribution in [1.82, 2.24) is 24.7 Å². The van der Waals surface area contributed by atoms with Crippen LogP contribution in [0.2, 0.25) is 0 Å². The molecule has 0 unspecified atom stereocenters. The molecule has 9 nitrogen and oxygen atoms in total. The molecule has 2 aromatic heterocycles. The Morgan fingerprint density at radius 3 is 2.86 bits per heavy atom. The Labute approximate surface area is 124 Å². The zero-order valence-electron chi connectivity index (χ0n) is 11.6. The highest BCUT2D eigenvalue weighted by molar-refractivity contribution is 7.99. The standard InChI is InChI=1S/C11H15N7O2S/c1-3-4-6-7(16-12)13-5-14-10(6)21-11-15-8(19)9(20)17-18(11)2/h5H,3-4,12H2,1-2H3,(H,17,20)(H,13,14,16). The zero-order valence-corrected chi connectivity index (χ0v) is 12.4. The lowest BCUT2D eigenvalue weighted by Crippen LogP contribution is -2.33. The summed E-state index contributed by atoms with van der Waals surface area (Å²) in [4.78, 5) is 34.6. The third-order valence-electron chi connectivity index (χ3n) is 2.68. The molecule has 0 aliphatic rings. The highest BCUT2D eigenvalue weighted by Gasteiger charge is 2.14. The number of aryl methyl sites for hydroxylation is 1. The van der Waals surface area contributed by atoms with E-state index in [1.54, 1.807) is 7.05 Å². The van der Waals surface area contributed by atoms with Crippen LogP contribution >= 0.6 is 11.8 Å². The molecule has 0 amide bonds. The van der Waals surface area contributed by atoms with Gasteiger partial charge in [0.15, 0.2) is 5.16 Å². The maximum atomic E-state index is 11.4. The third-order valence-corrected chi connectivity index (χ3v) is 3.77. The molecule has 4 N–H and O–H groups in total. The second-order valence-corrected chi connectivity index (χ2v) is 5.16. The van der Waals surface area contributed by atoms with Crippen molar-refractivity contribution in [2.45, 2.75) is 29.9 Å². The van der Waals surface area contributed by atoms with E-state index in [0.29, 0.717) is 16.0 Å². The molecule has 0 saturated carbocycles. The van der Waals surface area contributed by atoms with Crippen LogP contribution in [0.1, 0.15) is 18.9 Å². The lowest BCUT2D eigenvalue weighted by Gasteiger charge is -2.11. The number of rotatable bonds is 5. The average Bonchev–Trinajstić information content (AvgIpc) is 2.46. The molecular weight excluding hydrogens is 294 g/mol. The first-order chi connectivity index (χ1) is 10.1. The van der Waals surface area contributed by atoms with Crippen LogP contribution in [-0.2, 0) is 13.5 Å². The van der Waals surface area contributed by atoms with Crippen LogP contribution in [0.3, 0.4) is 0 Å². The molecule has 0 radical (unpaired) electrons. The van der Waals surface area contributed by atoms with Gasteiger partial charge < -0.3 is 5.43 Å². The fraction of sp³-hybridized carbons (Fsp3) is 0.364. The van der Waals surface area contributed by atoms with Gasteiger partial charge in [-0.1, -0.05) is 13.3 Å². The highest BCUT2D eigenvalue weighted by atomic mass is 32.2. The van der Waals surface area contributed by atoms with Gasteiger partial charge in [-0.2, -0.15) is 4.98 Å². The number of aromatic amines is 1. The zero-order chi connectivity index (χ0) is 15.4. The fourth-order valence-electron chi connectivity index (χ4n) is 1.72. The number of nitrogens with two attached hydrogens (primary N) is 1. The Balaban J connectivity index is 2.46. The molecule has 0 spiro atoms. The minimum Gasteiger partial charge on any atom is -0.308 e. The highest BCUT2D eigenvalue weighted by Crippen LogP contribution is 2.29. The smallest absolute Gasteiger partial charge is 0.308 e. The van der Waals surface area contributed by atoms with E-state index in [-0.39, 0.29) is 0 Å². The van der Waals surface area contributed by atoms with Crippen molar-refractivity contribution >= 4 is 17.6 Å². The Kier molecular flexibility index (Phi) is 4.70. The van der Waals surface area contributed by atoms with Crippen molar-refractivity contribution in [3.63, 3.8) is 0 Å². The van der Waals surface area contributed by atoms with Crippen LogP contribution in [0.5, 0.6) is 0 Å². The van der Waals surface area contributed by atoms with Gasteiger partial charge in [-0.05, 0) is 18.2 Å². The number of nitrogens with one attached hydrogen (secondary N) is 2. The summed E-state index contributed by atoms with van der Waals surface area (Å²) in [5.74, 6) is 5.98. The Hall–Kier alpha value is -2.20. The SMILES string of the molecule is CCCc1c(NN)ncnc1Sc1nc(=O)c(=O)[nH]n1C. The van der Waals surface area contributed by atoms with Gasteiger partial charge in [-0.15, -0.1) is 0 Å². The first kappa shape index (κ1) is 15.2. The number of nitrogens with zero attached hydrogens (tertiary/aromatic N) is 4. The summed E-state index contributed by atoms with van der Waals surface area (Å²) in [6.07, 6.45) is 2.98. The van der Waals surface area contributed by atoms with E-state index >= 15 is 0 Å². The number of hydrogen-bond donors (Lipinski definition) is 3. The molecule has 112 valence electrons. The number of anilines is 1. The van der Waals surface area contributed by atoms with Gasteiger partial charge in [0.25, 0.3) is 0 Å². The predicted molar refractivity (Wildman–Crippen MR) is 78.1 cm³/mol. The summed E-state index contributed by atoms with van der Waals surface area (Å²) < 4.78 is 1.38. The maximum Gasteiger partial charge on any atom is 0.339 e. The van der Waals surface area contributed by atoms with E-state index in [9.17, 15) is 9.59 Å². The molecule has 2 aromatic rings. The predicted octanol–water partition coefficient (Wildman–Crippen LogP) is -0.352. The molecule has 2 heterocycles. The average molecular weight is 309 g/mol. The van der Waals surface area contributed by atoms with E-state index in [0.717, 1.165) is 18.4 Å². The van der Waals surface area contributed by atoms with Crippen molar-refractivity contribution in [2.75, 3.05) is 5.43 Å². The van der Waals surface area contributed by atoms with Crippen LogP contribution < -0.4 is 22.4 Å². The monoisotopic (exact) mass is 309 g/mol. The number of hydrogen-bond acceptors (Lipinski definition) is 8. The molecular formula is C11H15N7O2S. The lowest BCUT2D eigenvalue weighted by atomic mass is 10.2. The van der Waals surface area contributed by atoms with E-state index in [1.165, 1.54) is 22.8 Å². The van der Waals surface area contributed by atoms with Crippen LogP contribution in [0.4, 0.5) is 5.82 Å². The molecule has 0 aliphatic carbocycles. The number of H-pyrrole nitrogens is 1. The number of hydrazine groups is 1. The third kappa shape index (κ3) is 3.28. The largest absolute Gasteiger partial charge is 0.339 e. The molecule has 0 aromatic carbocycles. The van der Waals surface area contributed by atoms with E-state index < -0.39 is 11.1 Å². The molecule has 0 aliphatic heterocycles. The molecule has 0 fully saturated rings. The lowest BCUT2D eigenvalue weighted by molar-refractivity contribution is 0.596. The van der Waals surface area contributed by atoms with Crippen LogP contribution in [0.25, 0.3) is 0 Å². The summed E-state index contributed by atoms with van der Waals surface area (Å²) in [5, 5.41) is 3.35. The van der Waals surface area contributed by atoms with E-state index in [4.69, 9.17) is 5.84 Å². The van der Waals surface area contributed by atoms with Gasteiger partial charge in [0.05, 0.1) is 0 Å². The summed E-state index contributed by atoms with van der Waals surface area (Å²) in [6.45, 7) is 2.02. The maximum absolute atomic E-state index is 11.4. The molecule has 21 heavy (non-hydrogen) atoms. The van der Waals surface area contributed by atoms with Gasteiger partial charge in [0.2, 0.25) is 0 Å². The summed E-state index contributed by atoms with van der Waals surface area (Å²) >= 11 is 1.17. The van der Waals surface area contributed by atoms with Gasteiger partial charge in [0.1, 0.15) is 17.2 Å². The van der Waals surface area contributed by atoms with Gasteiger partial charge in [-0.3, -0.25) is 19.4 Å². The molecule has 10 heteroatoms. The Bertz CT molecular complexity index is 755. The second kappa shape index (κ2) is 6.50. The molecule has 2 rings (SSSR count). The van der Waals surface area contributed by atoms with Crippen molar-refractivity contribution in [3.8, 4) is 0 Å². The summed E-state index contributed by atoms with van der Waals surface area (Å²) in [6, 6.07) is 0. The topological polar surface area (TPSA) is 132 Å². The van der Waals surface area contributed by atoms with Crippen LogP contribution in [0.15, 0.2) is 26.1 Å². The van der Waals surface area contributed by atoms with Gasteiger partial charge >= 0.3 is 11.1 Å². The van der Waals surface area contributed by atoms with Gasteiger partial charge in [-0.25, -0.2) is 15.8 Å². The first-order valence-corrected chi connectivity index (χ1v) is 7.04. The van der Waals surface area contributed by atoms with Crippen LogP contribution in [0, 0.1) is 0 Å². The van der Waals surface area contributed by atoms with Gasteiger partial charge in [0, 0.05) is 12.6 Å². The quantitative estimate of drug-likeness (QED) is 0.295. The molecule has 0 saturated heterocycles. The Morgan fingerprint density at radius 1 is 1.43 bits per heavy atom. The van der Waals surface area contributed by atoms with E-state index in [1.807, 2.05) is 6.92 Å². The van der Waals surface area contributed by atoms with Crippen LogP contribution in [-0.4, -0.2) is 24.7 Å².